The molecule has 1 aliphatic heterocycles. The summed E-state index contributed by atoms with van der Waals surface area (Å²) in [5.74, 6) is 1.10. The van der Waals surface area contributed by atoms with E-state index in [0.717, 1.165) is 25.4 Å². The molecule has 1 atom stereocenters. The van der Waals surface area contributed by atoms with Crippen LogP contribution in [0.4, 0.5) is 0 Å². The molecule has 3 heteroatoms. The van der Waals surface area contributed by atoms with Gasteiger partial charge in [0.2, 0.25) is 5.91 Å². The summed E-state index contributed by atoms with van der Waals surface area (Å²) in [6.45, 7) is 1.71. The van der Waals surface area contributed by atoms with Gasteiger partial charge in [-0.05, 0) is 30.0 Å². The highest BCUT2D eigenvalue weighted by molar-refractivity contribution is 5.77. The van der Waals surface area contributed by atoms with E-state index in [-0.39, 0.29) is 6.04 Å². The number of carbonyl (C=O) groups is 1. The third-order valence-corrected chi connectivity index (χ3v) is 5.72. The number of aromatic nitrogens is 1. The van der Waals surface area contributed by atoms with Gasteiger partial charge in [-0.15, -0.1) is 0 Å². The van der Waals surface area contributed by atoms with E-state index in [1.807, 2.05) is 6.07 Å². The first-order valence-corrected chi connectivity index (χ1v) is 9.32. The maximum atomic E-state index is 13.0. The van der Waals surface area contributed by atoms with Gasteiger partial charge in [-0.25, -0.2) is 0 Å². The van der Waals surface area contributed by atoms with Crippen molar-refractivity contribution in [1.29, 1.82) is 0 Å². The zero-order chi connectivity index (χ0) is 16.4. The Labute approximate surface area is 144 Å². The number of hydrogen-bond donors (Lipinski definition) is 0. The van der Waals surface area contributed by atoms with Crippen LogP contribution in [0.2, 0.25) is 0 Å². The monoisotopic (exact) mass is 322 g/mol. The second-order valence-electron chi connectivity index (χ2n) is 7.22. The Balaban J connectivity index is 1.55. The summed E-state index contributed by atoms with van der Waals surface area (Å²) in [6.07, 6.45) is 9.24. The van der Waals surface area contributed by atoms with Gasteiger partial charge in [0.15, 0.2) is 0 Å². The molecule has 1 unspecified atom stereocenters. The van der Waals surface area contributed by atoms with Gasteiger partial charge in [0.25, 0.3) is 0 Å². The normalized spacial score (nSPS) is 21.0. The fourth-order valence-electron chi connectivity index (χ4n) is 4.41. The fraction of sp³-hybridized carbons (Fsp3) is 0.476. The van der Waals surface area contributed by atoms with Crippen molar-refractivity contribution >= 4 is 5.91 Å². The van der Waals surface area contributed by atoms with E-state index < -0.39 is 0 Å². The van der Waals surface area contributed by atoms with E-state index in [0.29, 0.717) is 12.3 Å². The van der Waals surface area contributed by atoms with Crippen molar-refractivity contribution in [2.75, 3.05) is 6.54 Å². The molecule has 3 nitrogen and oxygen atoms in total. The SMILES string of the molecule is O=C(CCC1CCCC1)N1CCn2cccc2C1c1ccccc1. The average molecular weight is 322 g/mol. The minimum absolute atomic E-state index is 0.0611. The molecule has 2 aromatic rings. The first-order valence-electron chi connectivity index (χ1n) is 9.32. The molecule has 0 saturated heterocycles. The van der Waals surface area contributed by atoms with E-state index >= 15 is 0 Å². The first-order chi connectivity index (χ1) is 11.8. The van der Waals surface area contributed by atoms with Gasteiger partial charge >= 0.3 is 0 Å². The number of benzene rings is 1. The Morgan fingerprint density at radius 2 is 1.79 bits per heavy atom. The molecular weight excluding hydrogens is 296 g/mol. The van der Waals surface area contributed by atoms with Gasteiger partial charge in [0.05, 0.1) is 6.04 Å². The molecule has 1 amide bonds. The van der Waals surface area contributed by atoms with Crippen LogP contribution in [-0.4, -0.2) is 21.9 Å². The van der Waals surface area contributed by atoms with Crippen LogP contribution >= 0.6 is 0 Å². The van der Waals surface area contributed by atoms with Crippen LogP contribution in [0.1, 0.15) is 55.8 Å². The molecule has 1 aliphatic carbocycles. The Morgan fingerprint density at radius 1 is 1.00 bits per heavy atom. The number of carbonyl (C=O) groups excluding carboxylic acids is 1. The average Bonchev–Trinajstić information content (AvgIpc) is 3.30. The van der Waals surface area contributed by atoms with Crippen molar-refractivity contribution in [1.82, 2.24) is 9.47 Å². The van der Waals surface area contributed by atoms with E-state index in [9.17, 15) is 4.79 Å². The van der Waals surface area contributed by atoms with E-state index in [2.05, 4.69) is 52.1 Å². The molecule has 1 fully saturated rings. The predicted molar refractivity (Wildman–Crippen MR) is 95.6 cm³/mol. The van der Waals surface area contributed by atoms with Gasteiger partial charge in [0, 0.05) is 31.4 Å². The quantitative estimate of drug-likeness (QED) is 0.819. The fourth-order valence-corrected chi connectivity index (χ4v) is 4.41. The highest BCUT2D eigenvalue weighted by atomic mass is 16.2. The lowest BCUT2D eigenvalue weighted by atomic mass is 9.97. The zero-order valence-corrected chi connectivity index (χ0v) is 14.2. The van der Waals surface area contributed by atoms with Crippen LogP contribution in [0.15, 0.2) is 48.7 Å². The van der Waals surface area contributed by atoms with E-state index in [1.54, 1.807) is 0 Å². The molecular formula is C21H26N2O. The Morgan fingerprint density at radius 3 is 2.58 bits per heavy atom. The summed E-state index contributed by atoms with van der Waals surface area (Å²) in [5.41, 5.74) is 2.45. The molecule has 0 bridgehead atoms. The van der Waals surface area contributed by atoms with Crippen LogP contribution in [0.5, 0.6) is 0 Å². The summed E-state index contributed by atoms with van der Waals surface area (Å²) in [6, 6.07) is 14.8. The highest BCUT2D eigenvalue weighted by Gasteiger charge is 2.32. The van der Waals surface area contributed by atoms with E-state index in [4.69, 9.17) is 0 Å². The van der Waals surface area contributed by atoms with Crippen molar-refractivity contribution in [3.63, 3.8) is 0 Å². The second-order valence-corrected chi connectivity index (χ2v) is 7.22. The molecule has 4 rings (SSSR count). The lowest BCUT2D eigenvalue weighted by Crippen LogP contribution is -2.42. The van der Waals surface area contributed by atoms with Crippen LogP contribution < -0.4 is 0 Å². The molecule has 0 radical (unpaired) electrons. The molecule has 0 N–H and O–H groups in total. The first kappa shape index (κ1) is 15.5. The minimum atomic E-state index is 0.0611. The Hall–Kier alpha value is -2.03. The van der Waals surface area contributed by atoms with Crippen molar-refractivity contribution in [2.45, 2.75) is 51.1 Å². The number of rotatable bonds is 4. The maximum absolute atomic E-state index is 13.0. The molecule has 1 saturated carbocycles. The third-order valence-electron chi connectivity index (χ3n) is 5.72. The number of hydrogen-bond acceptors (Lipinski definition) is 1. The molecule has 1 aromatic carbocycles. The van der Waals surface area contributed by atoms with Crippen molar-refractivity contribution in [2.24, 2.45) is 5.92 Å². The van der Waals surface area contributed by atoms with Gasteiger partial charge in [-0.1, -0.05) is 56.0 Å². The topological polar surface area (TPSA) is 25.2 Å². The van der Waals surface area contributed by atoms with Gasteiger partial charge < -0.3 is 9.47 Å². The van der Waals surface area contributed by atoms with Gasteiger partial charge in [0.1, 0.15) is 0 Å². The summed E-state index contributed by atoms with van der Waals surface area (Å²) in [7, 11) is 0. The smallest absolute Gasteiger partial charge is 0.223 e. The standard InChI is InChI=1S/C21H26N2O/c24-20(13-12-17-7-4-5-8-17)23-16-15-22-14-6-11-19(22)21(23)18-9-2-1-3-10-18/h1-3,6,9-11,14,17,21H,4-5,7-8,12-13,15-16H2. The molecule has 2 heterocycles. The van der Waals surface area contributed by atoms with Crippen LogP contribution in [0, 0.1) is 5.92 Å². The Kier molecular flexibility index (Phi) is 4.42. The predicted octanol–water partition coefficient (Wildman–Crippen LogP) is 4.39. The number of amides is 1. The largest absolute Gasteiger partial charge is 0.348 e. The second kappa shape index (κ2) is 6.84. The molecule has 1 aromatic heterocycles. The number of fused-ring (bicyclic) bond motifs is 1. The van der Waals surface area contributed by atoms with Crippen LogP contribution in [0.3, 0.4) is 0 Å². The lowest BCUT2D eigenvalue weighted by Gasteiger charge is -2.37. The van der Waals surface area contributed by atoms with Crippen molar-refractivity contribution in [3.05, 3.63) is 59.9 Å². The van der Waals surface area contributed by atoms with Crippen LogP contribution in [-0.2, 0) is 11.3 Å². The lowest BCUT2D eigenvalue weighted by molar-refractivity contribution is -0.134. The van der Waals surface area contributed by atoms with Crippen molar-refractivity contribution < 1.29 is 4.79 Å². The zero-order valence-electron chi connectivity index (χ0n) is 14.2. The highest BCUT2D eigenvalue weighted by Crippen LogP contribution is 2.34. The van der Waals surface area contributed by atoms with Gasteiger partial charge in [-0.2, -0.15) is 0 Å². The summed E-state index contributed by atoms with van der Waals surface area (Å²) in [5, 5.41) is 0. The minimum Gasteiger partial charge on any atom is -0.348 e. The van der Waals surface area contributed by atoms with E-state index in [1.165, 1.54) is 36.9 Å². The molecule has 0 spiro atoms. The molecule has 2 aliphatic rings. The van der Waals surface area contributed by atoms with Crippen molar-refractivity contribution in [3.8, 4) is 0 Å². The van der Waals surface area contributed by atoms with Crippen LogP contribution in [0.25, 0.3) is 0 Å². The number of nitrogens with zero attached hydrogens (tertiary/aromatic N) is 2. The maximum Gasteiger partial charge on any atom is 0.223 e. The molecule has 24 heavy (non-hydrogen) atoms. The summed E-state index contributed by atoms with van der Waals surface area (Å²) >= 11 is 0. The summed E-state index contributed by atoms with van der Waals surface area (Å²) in [4.78, 5) is 15.1. The molecule has 126 valence electrons. The Bertz CT molecular complexity index is 685. The van der Waals surface area contributed by atoms with Gasteiger partial charge in [-0.3, -0.25) is 4.79 Å². The third kappa shape index (κ3) is 3.00. The summed E-state index contributed by atoms with van der Waals surface area (Å²) < 4.78 is 2.29.